The molecule has 0 aliphatic heterocycles. The Morgan fingerprint density at radius 3 is 1.89 bits per heavy atom. The third kappa shape index (κ3) is 13.9. The smallest absolute Gasteiger partial charge is 0.323 e. The van der Waals surface area contributed by atoms with Crippen molar-refractivity contribution in [3.05, 3.63) is 0 Å². The zero-order chi connectivity index (χ0) is 22.8. The molecule has 0 radical (unpaired) electrons. The second kappa shape index (κ2) is 12.4. The Morgan fingerprint density at radius 1 is 1.00 bits per heavy atom. The third-order valence-corrected chi connectivity index (χ3v) is 4.44. The van der Waals surface area contributed by atoms with Gasteiger partial charge in [0.2, 0.25) is 5.91 Å². The van der Waals surface area contributed by atoms with Gasteiger partial charge < -0.3 is 15.2 Å². The Bertz CT molecular complexity index is 466. The van der Waals surface area contributed by atoms with Gasteiger partial charge in [-0.25, -0.2) is 0 Å². The molecule has 0 heterocycles. The number of amides is 1. The first-order valence-corrected chi connectivity index (χ1v) is 10.2. The van der Waals surface area contributed by atoms with E-state index in [1.807, 2.05) is 46.7 Å². The Labute approximate surface area is 173 Å². The van der Waals surface area contributed by atoms with Crippen LogP contribution in [-0.4, -0.2) is 61.3 Å². The van der Waals surface area contributed by atoms with Crippen molar-refractivity contribution in [2.45, 2.75) is 92.7 Å². The van der Waals surface area contributed by atoms with Crippen molar-refractivity contribution >= 4 is 11.9 Å². The summed E-state index contributed by atoms with van der Waals surface area (Å²) in [5.74, 6) is -0.0683. The molecule has 1 amide bonds. The van der Waals surface area contributed by atoms with Crippen LogP contribution >= 0.6 is 0 Å². The van der Waals surface area contributed by atoms with Crippen LogP contribution < -0.4 is 5.32 Å². The van der Waals surface area contributed by atoms with Crippen molar-refractivity contribution in [2.75, 3.05) is 27.7 Å². The summed E-state index contributed by atoms with van der Waals surface area (Å²) in [6.07, 6.45) is 3.16. The van der Waals surface area contributed by atoms with Crippen LogP contribution in [0, 0.1) is 10.8 Å². The van der Waals surface area contributed by atoms with Gasteiger partial charge in [-0.15, -0.1) is 0 Å². The van der Waals surface area contributed by atoms with E-state index >= 15 is 0 Å². The van der Waals surface area contributed by atoms with E-state index in [1.165, 1.54) is 0 Å². The molecule has 0 spiro atoms. The first-order chi connectivity index (χ1) is 12.6. The van der Waals surface area contributed by atoms with E-state index in [-0.39, 0.29) is 28.7 Å². The molecule has 0 rings (SSSR count). The number of rotatable bonds is 10. The van der Waals surface area contributed by atoms with Gasteiger partial charge in [0.1, 0.15) is 11.6 Å². The lowest BCUT2D eigenvalue weighted by Crippen LogP contribution is -2.41. The molecule has 0 fully saturated rings. The fourth-order valence-corrected chi connectivity index (χ4v) is 3.39. The number of ether oxygens (including phenoxy) is 1. The predicted molar refractivity (Wildman–Crippen MR) is 116 cm³/mol. The van der Waals surface area contributed by atoms with Crippen molar-refractivity contribution in [3.63, 3.8) is 0 Å². The van der Waals surface area contributed by atoms with Gasteiger partial charge in [0.25, 0.3) is 0 Å². The molecule has 0 aromatic rings. The molecule has 2 N–H and O–H groups in total. The molecule has 168 valence electrons. The van der Waals surface area contributed by atoms with Crippen LogP contribution in [0.5, 0.6) is 0 Å². The Morgan fingerprint density at radius 2 is 1.50 bits per heavy atom. The average molecular weight is 403 g/mol. The van der Waals surface area contributed by atoms with Crippen LogP contribution in [-0.2, 0) is 14.3 Å². The summed E-state index contributed by atoms with van der Waals surface area (Å²) in [5, 5.41) is 10.0. The minimum absolute atomic E-state index is 0.00780. The summed E-state index contributed by atoms with van der Waals surface area (Å²) in [6, 6.07) is -0.239. The summed E-state index contributed by atoms with van der Waals surface area (Å²) in [4.78, 5) is 26.0. The number of carbonyl (C=O) groups is 2. The van der Waals surface area contributed by atoms with Crippen LogP contribution in [0.1, 0.15) is 81.1 Å². The van der Waals surface area contributed by atoms with Gasteiger partial charge in [-0.05, 0) is 65.0 Å². The standard InChI is InChI=1S/C21H42N2O3.CH4O/c1-11-17(24)22-15-21(7,8)14-20(5,6)13-12-16(23(9)10)18(25)26-19(2,3)4;1-2/h16H,11-15H2,1-10H3,(H,22,24);2H,1H3. The van der Waals surface area contributed by atoms with Gasteiger partial charge >= 0.3 is 5.97 Å². The van der Waals surface area contributed by atoms with Gasteiger partial charge in [0.15, 0.2) is 0 Å². The number of nitrogens with one attached hydrogen (secondary N) is 1. The van der Waals surface area contributed by atoms with Crippen LogP contribution in [0.3, 0.4) is 0 Å². The fraction of sp³-hybridized carbons (Fsp3) is 0.909. The normalized spacial score (nSPS) is 13.5. The van der Waals surface area contributed by atoms with E-state index in [2.05, 4.69) is 33.0 Å². The van der Waals surface area contributed by atoms with Gasteiger partial charge in [-0.3, -0.25) is 14.5 Å². The monoisotopic (exact) mass is 402 g/mol. The Balaban J connectivity index is 0. The molecule has 0 aromatic carbocycles. The van der Waals surface area contributed by atoms with Crippen LogP contribution in [0.4, 0.5) is 0 Å². The number of esters is 1. The molecular formula is C22H46N2O4. The second-order valence-electron chi connectivity index (χ2n) is 10.2. The number of nitrogens with zero attached hydrogens (tertiary/aromatic N) is 1. The van der Waals surface area contributed by atoms with Gasteiger partial charge in [0, 0.05) is 20.1 Å². The number of carbonyl (C=O) groups excluding carboxylic acids is 2. The number of likely N-dealkylation sites (N-methyl/N-ethyl adjacent to an activating group) is 1. The zero-order valence-corrected chi connectivity index (χ0v) is 20.2. The first-order valence-electron chi connectivity index (χ1n) is 10.2. The lowest BCUT2D eigenvalue weighted by Gasteiger charge is -2.36. The van der Waals surface area contributed by atoms with E-state index in [0.717, 1.165) is 26.4 Å². The van der Waals surface area contributed by atoms with E-state index in [4.69, 9.17) is 9.84 Å². The highest BCUT2D eigenvalue weighted by atomic mass is 16.6. The maximum absolute atomic E-state index is 12.5. The van der Waals surface area contributed by atoms with Crippen LogP contribution in [0.25, 0.3) is 0 Å². The van der Waals surface area contributed by atoms with Crippen LogP contribution in [0.15, 0.2) is 0 Å². The topological polar surface area (TPSA) is 78.9 Å². The highest BCUT2D eigenvalue weighted by Gasteiger charge is 2.32. The summed E-state index contributed by atoms with van der Waals surface area (Å²) >= 11 is 0. The van der Waals surface area contributed by atoms with Crippen molar-refractivity contribution < 1.29 is 19.4 Å². The third-order valence-electron chi connectivity index (χ3n) is 4.44. The van der Waals surface area contributed by atoms with Crippen molar-refractivity contribution in [2.24, 2.45) is 10.8 Å². The largest absolute Gasteiger partial charge is 0.459 e. The molecule has 0 saturated heterocycles. The van der Waals surface area contributed by atoms with Gasteiger partial charge in [-0.2, -0.15) is 0 Å². The molecule has 0 aromatic heterocycles. The minimum atomic E-state index is -0.472. The molecule has 1 unspecified atom stereocenters. The molecule has 0 aliphatic carbocycles. The number of hydrogen-bond acceptors (Lipinski definition) is 5. The number of aliphatic hydroxyl groups excluding tert-OH is 1. The maximum Gasteiger partial charge on any atom is 0.323 e. The van der Waals surface area contributed by atoms with Crippen molar-refractivity contribution in [1.82, 2.24) is 10.2 Å². The number of aliphatic hydroxyl groups is 1. The second-order valence-corrected chi connectivity index (χ2v) is 10.2. The van der Waals surface area contributed by atoms with E-state index in [1.54, 1.807) is 0 Å². The highest BCUT2D eigenvalue weighted by Crippen LogP contribution is 2.37. The van der Waals surface area contributed by atoms with Crippen molar-refractivity contribution in [3.8, 4) is 0 Å². The highest BCUT2D eigenvalue weighted by molar-refractivity contribution is 5.76. The molecule has 0 aliphatic rings. The fourth-order valence-electron chi connectivity index (χ4n) is 3.39. The van der Waals surface area contributed by atoms with E-state index in [9.17, 15) is 9.59 Å². The molecule has 1 atom stereocenters. The van der Waals surface area contributed by atoms with E-state index in [0.29, 0.717) is 13.0 Å². The minimum Gasteiger partial charge on any atom is -0.459 e. The summed E-state index contributed by atoms with van der Waals surface area (Å²) in [6.45, 7) is 17.1. The lowest BCUT2D eigenvalue weighted by atomic mass is 9.72. The summed E-state index contributed by atoms with van der Waals surface area (Å²) in [5.41, 5.74) is -0.398. The average Bonchev–Trinajstić information content (AvgIpc) is 2.51. The Kier molecular flexibility index (Phi) is 12.9. The predicted octanol–water partition coefficient (Wildman–Crippen LogP) is 3.62. The van der Waals surface area contributed by atoms with Gasteiger partial charge in [-0.1, -0.05) is 34.6 Å². The first kappa shape index (κ1) is 29.1. The maximum atomic E-state index is 12.5. The van der Waals surface area contributed by atoms with E-state index < -0.39 is 5.60 Å². The lowest BCUT2D eigenvalue weighted by molar-refractivity contribution is -0.161. The molecule has 6 heteroatoms. The number of hydrogen-bond donors (Lipinski definition) is 2. The van der Waals surface area contributed by atoms with Crippen molar-refractivity contribution in [1.29, 1.82) is 0 Å². The summed E-state index contributed by atoms with van der Waals surface area (Å²) in [7, 11) is 4.84. The molecule has 6 nitrogen and oxygen atoms in total. The van der Waals surface area contributed by atoms with Crippen LogP contribution in [0.2, 0.25) is 0 Å². The molecular weight excluding hydrogens is 356 g/mol. The Hall–Kier alpha value is -1.14. The summed E-state index contributed by atoms with van der Waals surface area (Å²) < 4.78 is 5.58. The zero-order valence-electron chi connectivity index (χ0n) is 20.2. The molecule has 0 saturated carbocycles. The van der Waals surface area contributed by atoms with Gasteiger partial charge in [0.05, 0.1) is 0 Å². The molecule has 28 heavy (non-hydrogen) atoms. The SMILES string of the molecule is CCC(=O)NCC(C)(C)CC(C)(C)CCC(C(=O)OC(C)(C)C)N(C)C.CO. The molecule has 0 bridgehead atoms. The quantitative estimate of drug-likeness (QED) is 0.546.